The maximum absolute atomic E-state index is 5.80. The molecule has 156 valence electrons. The summed E-state index contributed by atoms with van der Waals surface area (Å²) in [5.74, 6) is 2.45. The molecule has 0 saturated carbocycles. The van der Waals surface area contributed by atoms with Crippen molar-refractivity contribution in [3.63, 3.8) is 0 Å². The lowest BCUT2D eigenvalue weighted by Gasteiger charge is -2.27. The number of nitrogens with one attached hydrogen (secondary N) is 1. The Hall–Kier alpha value is -2.67. The summed E-state index contributed by atoms with van der Waals surface area (Å²) >= 11 is 0. The van der Waals surface area contributed by atoms with Crippen LogP contribution in [0.5, 0.6) is 5.75 Å². The van der Waals surface area contributed by atoms with Crippen molar-refractivity contribution in [1.82, 2.24) is 9.97 Å². The number of aromatic nitrogens is 2. The van der Waals surface area contributed by atoms with Crippen LogP contribution in [0.1, 0.15) is 44.6 Å². The van der Waals surface area contributed by atoms with Gasteiger partial charge in [-0.3, -0.25) is 5.43 Å². The highest BCUT2D eigenvalue weighted by Crippen LogP contribution is 2.16. The van der Waals surface area contributed by atoms with Crippen LogP contribution in [0.3, 0.4) is 0 Å². The van der Waals surface area contributed by atoms with E-state index < -0.39 is 0 Å². The molecule has 2 aromatic rings. The molecular weight excluding hydrogens is 366 g/mol. The molecule has 0 amide bonds. The summed E-state index contributed by atoms with van der Waals surface area (Å²) in [5.41, 5.74) is 3.97. The molecule has 1 N–H and O–H groups in total. The van der Waals surface area contributed by atoms with Gasteiger partial charge in [0.15, 0.2) is 5.82 Å². The van der Waals surface area contributed by atoms with E-state index in [2.05, 4.69) is 32.3 Å². The van der Waals surface area contributed by atoms with Gasteiger partial charge in [0.05, 0.1) is 26.0 Å². The standard InChI is InChI=1S/C22H31N5O2/c1-2-3-4-5-6-13-29-20-9-7-19(8-10-20)17-25-26-21-16-22(24-18-23-21)27-11-14-28-15-12-27/h7-10,16-18H,2-6,11-15H2,1H3,(H,23,24,26)/b25-17+. The molecule has 1 aromatic carbocycles. The number of benzene rings is 1. The van der Waals surface area contributed by atoms with Gasteiger partial charge in [0.25, 0.3) is 0 Å². The summed E-state index contributed by atoms with van der Waals surface area (Å²) in [6.45, 7) is 6.14. The molecule has 29 heavy (non-hydrogen) atoms. The number of hydrogen-bond acceptors (Lipinski definition) is 7. The molecule has 0 unspecified atom stereocenters. The Morgan fingerprint density at radius 2 is 1.90 bits per heavy atom. The number of morpholine rings is 1. The summed E-state index contributed by atoms with van der Waals surface area (Å²) in [6, 6.07) is 9.86. The van der Waals surface area contributed by atoms with Crippen molar-refractivity contribution in [3.8, 4) is 5.75 Å². The van der Waals surface area contributed by atoms with E-state index in [1.54, 1.807) is 12.5 Å². The third kappa shape index (κ3) is 7.34. The van der Waals surface area contributed by atoms with Crippen molar-refractivity contribution >= 4 is 17.9 Å². The molecule has 7 nitrogen and oxygen atoms in total. The third-order valence-corrected chi connectivity index (χ3v) is 4.78. The Labute approximate surface area is 173 Å². The number of anilines is 2. The lowest BCUT2D eigenvalue weighted by molar-refractivity contribution is 0.122. The van der Waals surface area contributed by atoms with Crippen LogP contribution in [0.25, 0.3) is 0 Å². The lowest BCUT2D eigenvalue weighted by Crippen LogP contribution is -2.36. The first-order chi connectivity index (χ1) is 14.3. The third-order valence-electron chi connectivity index (χ3n) is 4.78. The van der Waals surface area contributed by atoms with Crippen LogP contribution in [0.4, 0.5) is 11.6 Å². The molecular formula is C22H31N5O2. The first-order valence-corrected chi connectivity index (χ1v) is 10.5. The topological polar surface area (TPSA) is 71.9 Å². The second-order valence-corrected chi connectivity index (χ2v) is 7.06. The van der Waals surface area contributed by atoms with Crippen LogP contribution in [-0.2, 0) is 4.74 Å². The fraction of sp³-hybridized carbons (Fsp3) is 0.500. The molecule has 0 spiro atoms. The van der Waals surface area contributed by atoms with Crippen LogP contribution in [-0.4, -0.2) is 49.1 Å². The second kappa shape index (κ2) is 12.0. The molecule has 2 heterocycles. The Kier molecular flexibility index (Phi) is 8.72. The van der Waals surface area contributed by atoms with Gasteiger partial charge in [0.1, 0.15) is 17.9 Å². The predicted molar refractivity (Wildman–Crippen MR) is 117 cm³/mol. The minimum atomic E-state index is 0.667. The van der Waals surface area contributed by atoms with E-state index in [0.29, 0.717) is 5.82 Å². The molecule has 7 heteroatoms. The molecule has 3 rings (SSSR count). The molecule has 0 radical (unpaired) electrons. The predicted octanol–water partition coefficient (Wildman–Crippen LogP) is 4.11. The monoisotopic (exact) mass is 397 g/mol. The summed E-state index contributed by atoms with van der Waals surface area (Å²) in [5, 5.41) is 4.28. The molecule has 1 fully saturated rings. The van der Waals surface area contributed by atoms with Gasteiger partial charge < -0.3 is 14.4 Å². The van der Waals surface area contributed by atoms with Crippen LogP contribution in [0, 0.1) is 0 Å². The van der Waals surface area contributed by atoms with Crippen molar-refractivity contribution < 1.29 is 9.47 Å². The van der Waals surface area contributed by atoms with Crippen molar-refractivity contribution in [1.29, 1.82) is 0 Å². The van der Waals surface area contributed by atoms with E-state index in [1.807, 2.05) is 30.3 Å². The van der Waals surface area contributed by atoms with Crippen LogP contribution in [0.15, 0.2) is 41.8 Å². The van der Waals surface area contributed by atoms with E-state index in [1.165, 1.54) is 25.7 Å². The van der Waals surface area contributed by atoms with Gasteiger partial charge in [0, 0.05) is 19.2 Å². The SMILES string of the molecule is CCCCCCCOc1ccc(/C=N/Nc2cc(N3CCOCC3)ncn2)cc1. The van der Waals surface area contributed by atoms with E-state index in [9.17, 15) is 0 Å². The van der Waals surface area contributed by atoms with Gasteiger partial charge in [-0.25, -0.2) is 9.97 Å². The Morgan fingerprint density at radius 1 is 1.10 bits per heavy atom. The highest BCUT2D eigenvalue weighted by atomic mass is 16.5. The van der Waals surface area contributed by atoms with E-state index in [-0.39, 0.29) is 0 Å². The van der Waals surface area contributed by atoms with E-state index in [4.69, 9.17) is 9.47 Å². The van der Waals surface area contributed by atoms with Crippen LogP contribution < -0.4 is 15.1 Å². The number of hydrazone groups is 1. The van der Waals surface area contributed by atoms with Crippen molar-refractivity contribution in [2.24, 2.45) is 5.10 Å². The molecule has 1 aromatic heterocycles. The molecule has 1 aliphatic heterocycles. The summed E-state index contributed by atoms with van der Waals surface area (Å²) in [4.78, 5) is 10.7. The van der Waals surface area contributed by atoms with Gasteiger partial charge in [0.2, 0.25) is 0 Å². The van der Waals surface area contributed by atoms with Crippen LogP contribution in [0.2, 0.25) is 0 Å². The lowest BCUT2D eigenvalue weighted by atomic mass is 10.2. The zero-order chi connectivity index (χ0) is 20.2. The number of rotatable bonds is 11. The highest BCUT2D eigenvalue weighted by Gasteiger charge is 2.12. The number of nitrogens with zero attached hydrogens (tertiary/aromatic N) is 4. The van der Waals surface area contributed by atoms with Gasteiger partial charge >= 0.3 is 0 Å². The van der Waals surface area contributed by atoms with Crippen LogP contribution >= 0.6 is 0 Å². The number of unbranched alkanes of at least 4 members (excludes halogenated alkanes) is 4. The average molecular weight is 398 g/mol. The minimum absolute atomic E-state index is 0.667. The number of ether oxygens (including phenoxy) is 2. The van der Waals surface area contributed by atoms with E-state index >= 15 is 0 Å². The van der Waals surface area contributed by atoms with Gasteiger partial charge in [-0.2, -0.15) is 5.10 Å². The highest BCUT2D eigenvalue weighted by molar-refractivity contribution is 5.80. The quantitative estimate of drug-likeness (QED) is 0.350. The fourth-order valence-corrected chi connectivity index (χ4v) is 3.09. The van der Waals surface area contributed by atoms with Crippen molar-refractivity contribution in [3.05, 3.63) is 42.2 Å². The maximum Gasteiger partial charge on any atom is 0.151 e. The second-order valence-electron chi connectivity index (χ2n) is 7.06. The fourth-order valence-electron chi connectivity index (χ4n) is 3.09. The van der Waals surface area contributed by atoms with Crippen molar-refractivity contribution in [2.75, 3.05) is 43.2 Å². The smallest absolute Gasteiger partial charge is 0.151 e. The average Bonchev–Trinajstić information content (AvgIpc) is 2.78. The zero-order valence-corrected chi connectivity index (χ0v) is 17.2. The van der Waals surface area contributed by atoms with E-state index in [0.717, 1.165) is 56.5 Å². The molecule has 1 aliphatic rings. The zero-order valence-electron chi connectivity index (χ0n) is 17.2. The molecule has 0 bridgehead atoms. The molecule has 1 saturated heterocycles. The summed E-state index contributed by atoms with van der Waals surface area (Å²) < 4.78 is 11.2. The molecule has 0 aliphatic carbocycles. The largest absolute Gasteiger partial charge is 0.494 e. The first-order valence-electron chi connectivity index (χ1n) is 10.5. The summed E-state index contributed by atoms with van der Waals surface area (Å²) in [6.07, 6.45) is 9.54. The molecule has 0 atom stereocenters. The normalized spacial score (nSPS) is 14.3. The Bertz CT molecular complexity index is 745. The van der Waals surface area contributed by atoms with Crippen molar-refractivity contribution in [2.45, 2.75) is 39.0 Å². The van der Waals surface area contributed by atoms with Gasteiger partial charge in [-0.05, 0) is 36.2 Å². The maximum atomic E-state index is 5.80. The Balaban J connectivity index is 1.43. The number of hydrogen-bond donors (Lipinski definition) is 1. The first kappa shape index (κ1) is 21.0. The van der Waals surface area contributed by atoms with Gasteiger partial charge in [-0.15, -0.1) is 0 Å². The Morgan fingerprint density at radius 3 is 2.69 bits per heavy atom. The van der Waals surface area contributed by atoms with Gasteiger partial charge in [-0.1, -0.05) is 32.6 Å². The minimum Gasteiger partial charge on any atom is -0.494 e. The summed E-state index contributed by atoms with van der Waals surface area (Å²) in [7, 11) is 0.